The van der Waals surface area contributed by atoms with Gasteiger partial charge in [-0.3, -0.25) is 4.90 Å². The summed E-state index contributed by atoms with van der Waals surface area (Å²) >= 11 is 0. The SMILES string of the molecule is COc1ccc(C(C)N2CCC(C(C)N)CC2)c(OC)c1. The number of nitrogens with two attached hydrogens (primary N) is 1. The van der Waals surface area contributed by atoms with Gasteiger partial charge in [-0.2, -0.15) is 0 Å². The third-order valence-corrected chi connectivity index (χ3v) is 4.76. The number of hydrogen-bond acceptors (Lipinski definition) is 4. The molecule has 1 fully saturated rings. The van der Waals surface area contributed by atoms with E-state index in [1.807, 2.05) is 12.1 Å². The van der Waals surface area contributed by atoms with Gasteiger partial charge in [-0.05, 0) is 51.8 Å². The van der Waals surface area contributed by atoms with Crippen LogP contribution in [0.4, 0.5) is 0 Å². The molecule has 2 unspecified atom stereocenters. The van der Waals surface area contributed by atoms with Crippen LogP contribution in [0.15, 0.2) is 18.2 Å². The molecule has 0 bridgehead atoms. The van der Waals surface area contributed by atoms with Crippen LogP contribution >= 0.6 is 0 Å². The predicted octanol–water partition coefficient (Wildman–Crippen LogP) is 2.82. The largest absolute Gasteiger partial charge is 0.497 e. The van der Waals surface area contributed by atoms with Crippen molar-refractivity contribution in [1.82, 2.24) is 4.90 Å². The standard InChI is InChI=1S/C17H28N2O2/c1-12(18)14-7-9-19(10-8-14)13(2)16-6-5-15(20-3)11-17(16)21-4/h5-6,11-14H,7-10,18H2,1-4H3. The smallest absolute Gasteiger partial charge is 0.127 e. The van der Waals surface area contributed by atoms with Crippen molar-refractivity contribution in [2.24, 2.45) is 11.7 Å². The van der Waals surface area contributed by atoms with Crippen molar-refractivity contribution < 1.29 is 9.47 Å². The maximum Gasteiger partial charge on any atom is 0.127 e. The number of benzene rings is 1. The van der Waals surface area contributed by atoms with Gasteiger partial charge in [-0.1, -0.05) is 6.07 Å². The van der Waals surface area contributed by atoms with Gasteiger partial charge in [0.1, 0.15) is 11.5 Å². The Bertz CT molecular complexity index is 454. The van der Waals surface area contributed by atoms with E-state index in [0.29, 0.717) is 18.0 Å². The van der Waals surface area contributed by atoms with Crippen molar-refractivity contribution >= 4 is 0 Å². The van der Waals surface area contributed by atoms with Gasteiger partial charge < -0.3 is 15.2 Å². The summed E-state index contributed by atoms with van der Waals surface area (Å²) < 4.78 is 10.8. The fraction of sp³-hybridized carbons (Fsp3) is 0.647. The van der Waals surface area contributed by atoms with Gasteiger partial charge in [-0.15, -0.1) is 0 Å². The highest BCUT2D eigenvalue weighted by atomic mass is 16.5. The molecule has 118 valence electrons. The third-order valence-electron chi connectivity index (χ3n) is 4.76. The molecule has 1 saturated heterocycles. The van der Waals surface area contributed by atoms with Crippen molar-refractivity contribution in [3.05, 3.63) is 23.8 Å². The molecule has 2 rings (SSSR count). The highest BCUT2D eigenvalue weighted by Gasteiger charge is 2.26. The first-order valence-corrected chi connectivity index (χ1v) is 7.78. The van der Waals surface area contributed by atoms with E-state index in [1.54, 1.807) is 14.2 Å². The molecule has 0 amide bonds. The van der Waals surface area contributed by atoms with Gasteiger partial charge in [0, 0.05) is 23.7 Å². The summed E-state index contributed by atoms with van der Waals surface area (Å²) in [6.45, 7) is 6.57. The zero-order valence-electron chi connectivity index (χ0n) is 13.6. The van der Waals surface area contributed by atoms with Crippen LogP contribution in [0.25, 0.3) is 0 Å². The van der Waals surface area contributed by atoms with Crippen molar-refractivity contribution in [3.63, 3.8) is 0 Å². The summed E-state index contributed by atoms with van der Waals surface area (Å²) in [6, 6.07) is 6.72. The second kappa shape index (κ2) is 7.14. The van der Waals surface area contributed by atoms with Crippen LogP contribution in [0, 0.1) is 5.92 Å². The first-order valence-electron chi connectivity index (χ1n) is 7.78. The van der Waals surface area contributed by atoms with E-state index in [0.717, 1.165) is 24.6 Å². The zero-order chi connectivity index (χ0) is 15.4. The molecule has 1 aromatic carbocycles. The minimum Gasteiger partial charge on any atom is -0.497 e. The number of ether oxygens (including phenoxy) is 2. The lowest BCUT2D eigenvalue weighted by Crippen LogP contribution is -2.40. The van der Waals surface area contributed by atoms with Crippen LogP contribution < -0.4 is 15.2 Å². The molecule has 0 aliphatic carbocycles. The third kappa shape index (κ3) is 3.69. The molecule has 2 N–H and O–H groups in total. The average molecular weight is 292 g/mol. The molecule has 0 radical (unpaired) electrons. The molecule has 0 aromatic heterocycles. The Hall–Kier alpha value is -1.26. The number of nitrogens with zero attached hydrogens (tertiary/aromatic N) is 1. The number of piperidine rings is 1. The Morgan fingerprint density at radius 3 is 2.33 bits per heavy atom. The number of likely N-dealkylation sites (tertiary alicyclic amines) is 1. The van der Waals surface area contributed by atoms with E-state index in [9.17, 15) is 0 Å². The average Bonchev–Trinajstić information content (AvgIpc) is 2.53. The molecule has 2 atom stereocenters. The van der Waals surface area contributed by atoms with Crippen LogP contribution in [0.3, 0.4) is 0 Å². The van der Waals surface area contributed by atoms with Crippen LogP contribution in [0.5, 0.6) is 11.5 Å². The van der Waals surface area contributed by atoms with Gasteiger partial charge in [0.05, 0.1) is 14.2 Å². The lowest BCUT2D eigenvalue weighted by atomic mass is 9.89. The Morgan fingerprint density at radius 1 is 1.14 bits per heavy atom. The quantitative estimate of drug-likeness (QED) is 0.906. The molecular weight excluding hydrogens is 264 g/mol. The zero-order valence-corrected chi connectivity index (χ0v) is 13.6. The lowest BCUT2D eigenvalue weighted by molar-refractivity contribution is 0.131. The Kier molecular flexibility index (Phi) is 5.48. The van der Waals surface area contributed by atoms with E-state index < -0.39 is 0 Å². The van der Waals surface area contributed by atoms with Gasteiger partial charge in [0.25, 0.3) is 0 Å². The fourth-order valence-corrected chi connectivity index (χ4v) is 3.19. The molecule has 0 spiro atoms. The van der Waals surface area contributed by atoms with E-state index in [2.05, 4.69) is 24.8 Å². The minimum atomic E-state index is 0.304. The molecule has 21 heavy (non-hydrogen) atoms. The summed E-state index contributed by atoms with van der Waals surface area (Å²) in [7, 11) is 3.39. The van der Waals surface area contributed by atoms with E-state index in [4.69, 9.17) is 15.2 Å². The Morgan fingerprint density at radius 2 is 1.81 bits per heavy atom. The number of rotatable bonds is 5. The molecule has 1 heterocycles. The van der Waals surface area contributed by atoms with Crippen molar-refractivity contribution in [1.29, 1.82) is 0 Å². The van der Waals surface area contributed by atoms with Crippen LogP contribution in [-0.4, -0.2) is 38.3 Å². The summed E-state index contributed by atoms with van der Waals surface area (Å²) in [5.41, 5.74) is 7.24. The van der Waals surface area contributed by atoms with Crippen LogP contribution in [0.1, 0.15) is 38.3 Å². The topological polar surface area (TPSA) is 47.7 Å². The predicted molar refractivity (Wildman–Crippen MR) is 85.9 cm³/mol. The van der Waals surface area contributed by atoms with Gasteiger partial charge in [0.2, 0.25) is 0 Å². The van der Waals surface area contributed by atoms with E-state index >= 15 is 0 Å². The molecule has 4 heteroatoms. The molecule has 1 aromatic rings. The fourth-order valence-electron chi connectivity index (χ4n) is 3.19. The normalized spacial score (nSPS) is 20.0. The molecule has 0 saturated carbocycles. The summed E-state index contributed by atoms with van der Waals surface area (Å²) in [4.78, 5) is 2.52. The summed E-state index contributed by atoms with van der Waals surface area (Å²) in [5, 5.41) is 0. The van der Waals surface area contributed by atoms with Crippen molar-refractivity contribution in [3.8, 4) is 11.5 Å². The monoisotopic (exact) mass is 292 g/mol. The maximum absolute atomic E-state index is 6.02. The Balaban J connectivity index is 2.08. The molecular formula is C17H28N2O2. The first kappa shape index (κ1) is 16.1. The minimum absolute atomic E-state index is 0.304. The van der Waals surface area contributed by atoms with Gasteiger partial charge in [-0.25, -0.2) is 0 Å². The van der Waals surface area contributed by atoms with Gasteiger partial charge >= 0.3 is 0 Å². The maximum atomic E-state index is 6.02. The highest BCUT2D eigenvalue weighted by Crippen LogP contribution is 2.34. The Labute approximate surface area is 128 Å². The van der Waals surface area contributed by atoms with E-state index in [1.165, 1.54) is 18.4 Å². The number of methoxy groups -OCH3 is 2. The lowest BCUT2D eigenvalue weighted by Gasteiger charge is -2.37. The van der Waals surface area contributed by atoms with Crippen LogP contribution in [0.2, 0.25) is 0 Å². The molecule has 4 nitrogen and oxygen atoms in total. The van der Waals surface area contributed by atoms with Crippen molar-refractivity contribution in [2.75, 3.05) is 27.3 Å². The highest BCUT2D eigenvalue weighted by molar-refractivity contribution is 5.42. The molecule has 1 aliphatic rings. The van der Waals surface area contributed by atoms with E-state index in [-0.39, 0.29) is 0 Å². The summed E-state index contributed by atoms with van der Waals surface area (Å²) in [5.74, 6) is 2.39. The first-order chi connectivity index (χ1) is 10.1. The van der Waals surface area contributed by atoms with Crippen LogP contribution in [-0.2, 0) is 0 Å². The summed E-state index contributed by atoms with van der Waals surface area (Å²) in [6.07, 6.45) is 2.36. The van der Waals surface area contributed by atoms with Gasteiger partial charge in [0.15, 0.2) is 0 Å². The number of hydrogen-bond donors (Lipinski definition) is 1. The second-order valence-electron chi connectivity index (χ2n) is 6.02. The van der Waals surface area contributed by atoms with Crippen molar-refractivity contribution in [2.45, 2.75) is 38.8 Å². The second-order valence-corrected chi connectivity index (χ2v) is 6.02. The molecule has 1 aliphatic heterocycles.